The zero-order valence-corrected chi connectivity index (χ0v) is 14.3. The van der Waals surface area contributed by atoms with Gasteiger partial charge in [-0.05, 0) is 45.4 Å². The summed E-state index contributed by atoms with van der Waals surface area (Å²) < 4.78 is 29.9. The largest absolute Gasteiger partial charge is 0.383 e. The molecule has 5 nitrogen and oxygen atoms in total. The minimum atomic E-state index is -3.01. The summed E-state index contributed by atoms with van der Waals surface area (Å²) in [5.74, 6) is -0.470. The van der Waals surface area contributed by atoms with Crippen LogP contribution in [0.1, 0.15) is 27.2 Å². The van der Waals surface area contributed by atoms with Crippen molar-refractivity contribution in [1.82, 2.24) is 14.3 Å². The molecule has 2 rings (SSSR count). The molecule has 0 saturated heterocycles. The number of ketones is 1. The SMILES string of the molecule is CC(=O)C(C)(CCn1ccc(-c2cccn2C)n1)C(C)(O)C(F)F. The maximum Gasteiger partial charge on any atom is 0.267 e. The highest BCUT2D eigenvalue weighted by Gasteiger charge is 2.52. The minimum Gasteiger partial charge on any atom is -0.383 e. The van der Waals surface area contributed by atoms with Crippen molar-refractivity contribution in [1.29, 1.82) is 0 Å². The number of nitrogens with zero attached hydrogens (tertiary/aromatic N) is 3. The highest BCUT2D eigenvalue weighted by Crippen LogP contribution is 2.40. The van der Waals surface area contributed by atoms with E-state index < -0.39 is 23.2 Å². The van der Waals surface area contributed by atoms with Crippen LogP contribution in [0.2, 0.25) is 0 Å². The van der Waals surface area contributed by atoms with Crippen LogP contribution in [0.5, 0.6) is 0 Å². The summed E-state index contributed by atoms with van der Waals surface area (Å²) in [7, 11) is 1.90. The molecule has 0 bridgehead atoms. The number of aromatic nitrogens is 3. The molecule has 2 aromatic rings. The summed E-state index contributed by atoms with van der Waals surface area (Å²) in [6.45, 7) is 3.87. The molecule has 0 aliphatic rings. The molecule has 2 unspecified atom stereocenters. The summed E-state index contributed by atoms with van der Waals surface area (Å²) in [5.41, 5.74) is -2.26. The highest BCUT2D eigenvalue weighted by atomic mass is 19.3. The molecule has 7 heteroatoms. The fourth-order valence-corrected chi connectivity index (χ4v) is 2.71. The van der Waals surface area contributed by atoms with E-state index >= 15 is 0 Å². The van der Waals surface area contributed by atoms with E-state index in [2.05, 4.69) is 5.10 Å². The van der Waals surface area contributed by atoms with Crippen LogP contribution in [0.25, 0.3) is 11.4 Å². The molecule has 132 valence electrons. The predicted octanol–water partition coefficient (Wildman–Crippen LogP) is 2.89. The number of carbonyl (C=O) groups excluding carboxylic acids is 1. The number of Topliss-reactive ketones (excluding diaryl/α,β-unsaturated/α-hetero) is 1. The normalized spacial score (nSPS) is 16.8. The number of aryl methyl sites for hydroxylation is 2. The monoisotopic (exact) mass is 339 g/mol. The second-order valence-corrected chi connectivity index (χ2v) is 6.55. The second-order valence-electron chi connectivity index (χ2n) is 6.55. The summed E-state index contributed by atoms with van der Waals surface area (Å²) in [4.78, 5) is 11.9. The molecule has 0 spiro atoms. The van der Waals surface area contributed by atoms with Crippen molar-refractivity contribution in [3.05, 3.63) is 30.6 Å². The fraction of sp³-hybridized carbons (Fsp3) is 0.529. The molecular weight excluding hydrogens is 316 g/mol. The van der Waals surface area contributed by atoms with E-state index in [1.54, 1.807) is 10.9 Å². The van der Waals surface area contributed by atoms with Gasteiger partial charge in [-0.1, -0.05) is 0 Å². The van der Waals surface area contributed by atoms with Crippen molar-refractivity contribution in [2.45, 2.75) is 45.8 Å². The summed E-state index contributed by atoms with van der Waals surface area (Å²) in [6.07, 6.45) is 0.692. The molecule has 2 atom stereocenters. The molecule has 1 N–H and O–H groups in total. The molecule has 2 heterocycles. The third-order valence-electron chi connectivity index (χ3n) is 5.01. The smallest absolute Gasteiger partial charge is 0.267 e. The Labute approximate surface area is 139 Å². The summed E-state index contributed by atoms with van der Waals surface area (Å²) in [6, 6.07) is 5.65. The fourth-order valence-electron chi connectivity index (χ4n) is 2.71. The van der Waals surface area contributed by atoms with E-state index in [0.717, 1.165) is 18.3 Å². The van der Waals surface area contributed by atoms with Crippen LogP contribution in [0.4, 0.5) is 8.78 Å². The molecule has 0 fully saturated rings. The quantitative estimate of drug-likeness (QED) is 0.844. The Bertz CT molecular complexity index is 721. The molecule has 24 heavy (non-hydrogen) atoms. The standard InChI is InChI=1S/C17H23F2N3O2/c1-12(23)16(2,17(3,24)15(18)19)8-11-22-10-7-13(20-22)14-6-5-9-21(14)4/h5-7,9-10,15,24H,8,11H2,1-4H3. The van der Waals surface area contributed by atoms with Gasteiger partial charge < -0.3 is 9.67 Å². The van der Waals surface area contributed by atoms with Gasteiger partial charge in [0, 0.05) is 26.0 Å². The Hall–Kier alpha value is -2.02. The van der Waals surface area contributed by atoms with Crippen molar-refractivity contribution in [3.8, 4) is 11.4 Å². The topological polar surface area (TPSA) is 60.0 Å². The van der Waals surface area contributed by atoms with Gasteiger partial charge >= 0.3 is 0 Å². The predicted molar refractivity (Wildman–Crippen MR) is 86.7 cm³/mol. The van der Waals surface area contributed by atoms with Crippen LogP contribution in [-0.2, 0) is 18.4 Å². The van der Waals surface area contributed by atoms with Crippen LogP contribution < -0.4 is 0 Å². The van der Waals surface area contributed by atoms with E-state index in [1.165, 1.54) is 13.8 Å². The first-order chi connectivity index (χ1) is 11.1. The van der Waals surface area contributed by atoms with E-state index in [4.69, 9.17) is 0 Å². The number of aliphatic hydroxyl groups is 1. The lowest BCUT2D eigenvalue weighted by Gasteiger charge is -2.40. The van der Waals surface area contributed by atoms with E-state index in [1.807, 2.05) is 36.0 Å². The first-order valence-electron chi connectivity index (χ1n) is 7.76. The number of hydrogen-bond donors (Lipinski definition) is 1. The Morgan fingerprint density at radius 2 is 2.00 bits per heavy atom. The molecule has 0 aliphatic carbocycles. The van der Waals surface area contributed by atoms with Gasteiger partial charge in [0.2, 0.25) is 0 Å². The van der Waals surface area contributed by atoms with Gasteiger partial charge in [0.15, 0.2) is 0 Å². The van der Waals surface area contributed by atoms with Gasteiger partial charge in [-0.15, -0.1) is 0 Å². The number of halogens is 2. The third kappa shape index (κ3) is 3.13. The lowest BCUT2D eigenvalue weighted by molar-refractivity contribution is -0.174. The van der Waals surface area contributed by atoms with Gasteiger partial charge in [-0.25, -0.2) is 8.78 Å². The maximum absolute atomic E-state index is 13.2. The van der Waals surface area contributed by atoms with Gasteiger partial charge in [0.25, 0.3) is 6.43 Å². The van der Waals surface area contributed by atoms with Gasteiger partial charge in [-0.2, -0.15) is 5.10 Å². The zero-order chi connectivity index (χ0) is 18.1. The zero-order valence-electron chi connectivity index (χ0n) is 14.3. The van der Waals surface area contributed by atoms with Crippen LogP contribution in [0.3, 0.4) is 0 Å². The van der Waals surface area contributed by atoms with E-state index in [0.29, 0.717) is 0 Å². The molecule has 0 aliphatic heterocycles. The molecule has 0 aromatic carbocycles. The second kappa shape index (κ2) is 6.47. The first kappa shape index (κ1) is 18.3. The Kier molecular flexibility index (Phi) is 4.94. The average molecular weight is 339 g/mol. The number of rotatable bonds is 7. The lowest BCUT2D eigenvalue weighted by atomic mass is 9.69. The molecule has 0 saturated carbocycles. The lowest BCUT2D eigenvalue weighted by Crippen LogP contribution is -2.53. The van der Waals surface area contributed by atoms with Crippen molar-refractivity contribution < 1.29 is 18.7 Å². The molecule has 2 aromatic heterocycles. The van der Waals surface area contributed by atoms with E-state index in [-0.39, 0.29) is 13.0 Å². The Morgan fingerprint density at radius 3 is 2.50 bits per heavy atom. The Balaban J connectivity index is 2.18. The maximum atomic E-state index is 13.2. The first-order valence-corrected chi connectivity index (χ1v) is 7.76. The van der Waals surface area contributed by atoms with Gasteiger partial charge in [0.05, 0.1) is 11.1 Å². The van der Waals surface area contributed by atoms with Crippen molar-refractivity contribution in [3.63, 3.8) is 0 Å². The van der Waals surface area contributed by atoms with E-state index in [9.17, 15) is 18.7 Å². The average Bonchev–Trinajstić information content (AvgIpc) is 3.12. The minimum absolute atomic E-state index is 0.0634. The highest BCUT2D eigenvalue weighted by molar-refractivity contribution is 5.83. The van der Waals surface area contributed by atoms with Crippen LogP contribution in [0, 0.1) is 5.41 Å². The van der Waals surface area contributed by atoms with Crippen molar-refractivity contribution in [2.24, 2.45) is 12.5 Å². The number of hydrogen-bond acceptors (Lipinski definition) is 3. The number of carbonyl (C=O) groups is 1. The van der Waals surface area contributed by atoms with Crippen molar-refractivity contribution in [2.75, 3.05) is 0 Å². The summed E-state index contributed by atoms with van der Waals surface area (Å²) in [5, 5.41) is 14.6. The van der Waals surface area contributed by atoms with Gasteiger partial charge in [-0.3, -0.25) is 9.48 Å². The van der Waals surface area contributed by atoms with Crippen LogP contribution in [-0.4, -0.2) is 37.3 Å². The molecular formula is C17H23F2N3O2. The molecule has 0 amide bonds. The summed E-state index contributed by atoms with van der Waals surface area (Å²) >= 11 is 0. The van der Waals surface area contributed by atoms with Crippen LogP contribution in [0.15, 0.2) is 30.6 Å². The molecule has 0 radical (unpaired) electrons. The third-order valence-corrected chi connectivity index (χ3v) is 5.01. The van der Waals surface area contributed by atoms with Crippen LogP contribution >= 0.6 is 0 Å². The van der Waals surface area contributed by atoms with Gasteiger partial charge in [0.1, 0.15) is 17.1 Å². The Morgan fingerprint density at radius 1 is 1.33 bits per heavy atom. The number of alkyl halides is 2. The van der Waals surface area contributed by atoms with Crippen molar-refractivity contribution >= 4 is 5.78 Å².